The van der Waals surface area contributed by atoms with E-state index < -0.39 is 0 Å². The molecule has 16 heavy (non-hydrogen) atoms. The van der Waals surface area contributed by atoms with E-state index >= 15 is 0 Å². The Kier molecular flexibility index (Phi) is 4.45. The lowest BCUT2D eigenvalue weighted by molar-refractivity contribution is 0.249. The maximum absolute atomic E-state index is 9.21. The van der Waals surface area contributed by atoms with Crippen molar-refractivity contribution in [3.05, 3.63) is 11.9 Å². The van der Waals surface area contributed by atoms with Crippen LogP contribution in [0.2, 0.25) is 0 Å². The maximum atomic E-state index is 9.21. The van der Waals surface area contributed by atoms with Gasteiger partial charge in [0.25, 0.3) is 0 Å². The SMILES string of the molecule is Cc1nc(NN)cc(N[C@H](CO)C(C)C)n1. The Hall–Kier alpha value is -1.40. The molecule has 5 N–H and O–H groups in total. The topological polar surface area (TPSA) is 96.1 Å². The van der Waals surface area contributed by atoms with Gasteiger partial charge in [-0.1, -0.05) is 13.8 Å². The molecule has 0 aromatic carbocycles. The molecule has 0 saturated heterocycles. The fourth-order valence-electron chi connectivity index (χ4n) is 1.33. The van der Waals surface area contributed by atoms with Crippen LogP contribution in [0, 0.1) is 12.8 Å². The van der Waals surface area contributed by atoms with Crippen LogP contribution >= 0.6 is 0 Å². The lowest BCUT2D eigenvalue weighted by atomic mass is 10.1. The first kappa shape index (κ1) is 12.7. The van der Waals surface area contributed by atoms with Gasteiger partial charge in [-0.05, 0) is 12.8 Å². The number of hydrogen-bond acceptors (Lipinski definition) is 6. The van der Waals surface area contributed by atoms with Crippen LogP contribution in [0.3, 0.4) is 0 Å². The molecule has 90 valence electrons. The zero-order chi connectivity index (χ0) is 12.1. The third kappa shape index (κ3) is 3.32. The average Bonchev–Trinajstić information content (AvgIpc) is 2.24. The molecular formula is C10H19N5O. The normalized spacial score (nSPS) is 12.6. The van der Waals surface area contributed by atoms with Gasteiger partial charge in [0.2, 0.25) is 0 Å². The third-order valence-electron chi connectivity index (χ3n) is 2.32. The van der Waals surface area contributed by atoms with Gasteiger partial charge in [-0.15, -0.1) is 0 Å². The quantitative estimate of drug-likeness (QED) is 0.430. The van der Waals surface area contributed by atoms with Crippen molar-refractivity contribution in [1.82, 2.24) is 9.97 Å². The second-order valence-corrected chi connectivity index (χ2v) is 4.01. The summed E-state index contributed by atoms with van der Waals surface area (Å²) in [4.78, 5) is 8.30. The van der Waals surface area contributed by atoms with Crippen molar-refractivity contribution < 1.29 is 5.11 Å². The fourth-order valence-corrected chi connectivity index (χ4v) is 1.33. The summed E-state index contributed by atoms with van der Waals surface area (Å²) in [7, 11) is 0. The van der Waals surface area contributed by atoms with E-state index in [-0.39, 0.29) is 12.6 Å². The summed E-state index contributed by atoms with van der Waals surface area (Å²) in [6.07, 6.45) is 0. The largest absolute Gasteiger partial charge is 0.394 e. The molecule has 0 radical (unpaired) electrons. The summed E-state index contributed by atoms with van der Waals surface area (Å²) in [5.74, 6) is 7.44. The van der Waals surface area contributed by atoms with Crippen LogP contribution in [-0.2, 0) is 0 Å². The van der Waals surface area contributed by atoms with Crippen LogP contribution in [0.4, 0.5) is 11.6 Å². The zero-order valence-corrected chi connectivity index (χ0v) is 9.86. The number of aliphatic hydroxyl groups is 1. The highest BCUT2D eigenvalue weighted by molar-refractivity contribution is 5.47. The minimum atomic E-state index is -0.0278. The molecule has 0 fully saturated rings. The molecule has 6 heteroatoms. The monoisotopic (exact) mass is 225 g/mol. The Morgan fingerprint density at radius 2 is 2.00 bits per heavy atom. The highest BCUT2D eigenvalue weighted by Crippen LogP contribution is 2.13. The number of nitrogens with zero attached hydrogens (tertiary/aromatic N) is 2. The molecule has 1 rings (SSSR count). The van der Waals surface area contributed by atoms with Crippen molar-refractivity contribution in [2.75, 3.05) is 17.3 Å². The molecule has 0 spiro atoms. The average molecular weight is 225 g/mol. The summed E-state index contributed by atoms with van der Waals surface area (Å²) < 4.78 is 0. The Labute approximate surface area is 95.3 Å². The predicted molar refractivity (Wildman–Crippen MR) is 63.9 cm³/mol. The van der Waals surface area contributed by atoms with Crippen molar-refractivity contribution in [3.63, 3.8) is 0 Å². The van der Waals surface area contributed by atoms with Gasteiger partial charge in [0.1, 0.15) is 17.5 Å². The van der Waals surface area contributed by atoms with Crippen molar-refractivity contribution in [3.8, 4) is 0 Å². The number of hydrogen-bond donors (Lipinski definition) is 4. The maximum Gasteiger partial charge on any atom is 0.145 e. The molecule has 0 amide bonds. The number of nitrogens with one attached hydrogen (secondary N) is 2. The Bertz CT molecular complexity index is 342. The summed E-state index contributed by atoms with van der Waals surface area (Å²) in [6, 6.07) is 1.68. The van der Waals surface area contributed by atoms with Gasteiger partial charge < -0.3 is 15.8 Å². The second kappa shape index (κ2) is 5.62. The lowest BCUT2D eigenvalue weighted by Crippen LogP contribution is -2.30. The highest BCUT2D eigenvalue weighted by atomic mass is 16.3. The number of rotatable bonds is 5. The first-order valence-corrected chi connectivity index (χ1v) is 5.26. The molecule has 1 aromatic heterocycles. The Balaban J connectivity index is 2.83. The van der Waals surface area contributed by atoms with E-state index in [4.69, 9.17) is 5.84 Å². The third-order valence-corrected chi connectivity index (χ3v) is 2.32. The van der Waals surface area contributed by atoms with Crippen LogP contribution < -0.4 is 16.6 Å². The molecule has 6 nitrogen and oxygen atoms in total. The van der Waals surface area contributed by atoms with Crippen LogP contribution in [0.5, 0.6) is 0 Å². The minimum absolute atomic E-state index is 0.0278. The van der Waals surface area contributed by atoms with E-state index in [0.29, 0.717) is 23.4 Å². The molecule has 0 unspecified atom stereocenters. The Morgan fingerprint density at radius 3 is 2.50 bits per heavy atom. The minimum Gasteiger partial charge on any atom is -0.394 e. The van der Waals surface area contributed by atoms with E-state index in [1.165, 1.54) is 0 Å². The lowest BCUT2D eigenvalue weighted by Gasteiger charge is -2.20. The molecule has 0 aliphatic rings. The van der Waals surface area contributed by atoms with Crippen LogP contribution in [0.15, 0.2) is 6.07 Å². The molecule has 0 aliphatic heterocycles. The molecule has 1 heterocycles. The number of hydrazine groups is 1. The second-order valence-electron chi connectivity index (χ2n) is 4.01. The van der Waals surface area contributed by atoms with Crippen LogP contribution in [-0.4, -0.2) is 27.7 Å². The first-order chi connectivity index (χ1) is 7.56. The fraction of sp³-hybridized carbons (Fsp3) is 0.600. The van der Waals surface area contributed by atoms with Crippen LogP contribution in [0.25, 0.3) is 0 Å². The number of anilines is 2. The summed E-state index contributed by atoms with van der Waals surface area (Å²) >= 11 is 0. The molecular weight excluding hydrogens is 206 g/mol. The molecule has 0 saturated carbocycles. The van der Waals surface area contributed by atoms with Gasteiger partial charge in [-0.2, -0.15) is 0 Å². The van der Waals surface area contributed by atoms with E-state index in [1.54, 1.807) is 13.0 Å². The summed E-state index contributed by atoms with van der Waals surface area (Å²) in [6.45, 7) is 5.91. The molecule has 1 atom stereocenters. The number of nitrogens with two attached hydrogens (primary N) is 1. The van der Waals surface area contributed by atoms with Crippen molar-refractivity contribution in [2.24, 2.45) is 11.8 Å². The Morgan fingerprint density at radius 1 is 1.38 bits per heavy atom. The van der Waals surface area contributed by atoms with E-state index in [0.717, 1.165) is 0 Å². The molecule has 0 bridgehead atoms. The van der Waals surface area contributed by atoms with Gasteiger partial charge in [-0.3, -0.25) is 0 Å². The number of aryl methyl sites for hydroxylation is 1. The van der Waals surface area contributed by atoms with Gasteiger partial charge in [0, 0.05) is 6.07 Å². The summed E-state index contributed by atoms with van der Waals surface area (Å²) in [5, 5.41) is 12.4. The van der Waals surface area contributed by atoms with Crippen molar-refractivity contribution >= 4 is 11.6 Å². The highest BCUT2D eigenvalue weighted by Gasteiger charge is 2.13. The predicted octanol–water partition coefficient (Wildman–Crippen LogP) is 0.499. The van der Waals surface area contributed by atoms with E-state index in [2.05, 4.69) is 20.7 Å². The summed E-state index contributed by atoms with van der Waals surface area (Å²) in [5.41, 5.74) is 2.48. The van der Waals surface area contributed by atoms with Crippen molar-refractivity contribution in [1.29, 1.82) is 0 Å². The number of nitrogen functional groups attached to an aromatic ring is 1. The van der Waals surface area contributed by atoms with Crippen LogP contribution in [0.1, 0.15) is 19.7 Å². The van der Waals surface area contributed by atoms with Crippen molar-refractivity contribution in [2.45, 2.75) is 26.8 Å². The number of aromatic nitrogens is 2. The van der Waals surface area contributed by atoms with Gasteiger partial charge >= 0.3 is 0 Å². The van der Waals surface area contributed by atoms with Gasteiger partial charge in [0.05, 0.1) is 12.6 Å². The van der Waals surface area contributed by atoms with Gasteiger partial charge in [0.15, 0.2) is 0 Å². The molecule has 1 aromatic rings. The zero-order valence-electron chi connectivity index (χ0n) is 9.86. The smallest absolute Gasteiger partial charge is 0.145 e. The standard InChI is InChI=1S/C10H19N5O/c1-6(2)8(5-16)14-9-4-10(15-11)13-7(3)12-9/h4,6,8,16H,5,11H2,1-3H3,(H2,12,13,14,15)/t8-/m1/s1. The molecule has 0 aliphatic carbocycles. The van der Waals surface area contributed by atoms with E-state index in [1.807, 2.05) is 13.8 Å². The first-order valence-electron chi connectivity index (χ1n) is 5.26. The van der Waals surface area contributed by atoms with E-state index in [9.17, 15) is 5.11 Å². The van der Waals surface area contributed by atoms with Gasteiger partial charge in [-0.25, -0.2) is 15.8 Å². The number of aliphatic hydroxyl groups excluding tert-OH is 1.